The van der Waals surface area contributed by atoms with Crippen LogP contribution in [-0.4, -0.2) is 14.1 Å². The number of para-hydroxylation sites is 2. The van der Waals surface area contributed by atoms with Crippen LogP contribution in [0.2, 0.25) is 0 Å². The molecule has 3 heterocycles. The normalized spacial score (nSPS) is 11.9. The Morgan fingerprint density at radius 1 is 0.475 bits per heavy atom. The van der Waals surface area contributed by atoms with E-state index in [9.17, 15) is 13.2 Å². The van der Waals surface area contributed by atoms with E-state index in [1.165, 1.54) is 23.3 Å². The molecule has 10 aromatic rings. The summed E-state index contributed by atoms with van der Waals surface area (Å²) in [5.41, 5.74) is 13.0. The van der Waals surface area contributed by atoms with Crippen molar-refractivity contribution in [3.63, 3.8) is 0 Å². The molecule has 0 saturated carbocycles. The number of hydrogen-bond acceptors (Lipinski definition) is 1. The molecule has 0 amide bonds. The first-order valence-corrected chi connectivity index (χ1v) is 19.4. The summed E-state index contributed by atoms with van der Waals surface area (Å²) >= 11 is 0. The molecule has 0 fully saturated rings. The van der Waals surface area contributed by atoms with Gasteiger partial charge in [-0.05, 0) is 120 Å². The van der Waals surface area contributed by atoms with E-state index in [1.54, 1.807) is 25.4 Å². The Kier molecular flexibility index (Phi) is 8.29. The quantitative estimate of drug-likeness (QED) is 0.160. The van der Waals surface area contributed by atoms with Gasteiger partial charge in [0.15, 0.2) is 5.69 Å². The van der Waals surface area contributed by atoms with Crippen LogP contribution in [0.5, 0.6) is 0 Å². The Morgan fingerprint density at radius 2 is 0.966 bits per heavy atom. The molecule has 4 nitrogen and oxygen atoms in total. The zero-order valence-corrected chi connectivity index (χ0v) is 32.4. The van der Waals surface area contributed by atoms with E-state index in [-0.39, 0.29) is 0 Å². The van der Waals surface area contributed by atoms with Crippen molar-refractivity contribution in [1.29, 1.82) is 0 Å². The van der Waals surface area contributed by atoms with Crippen molar-refractivity contribution in [2.45, 2.75) is 26.9 Å². The molecule has 0 unspecified atom stereocenters. The summed E-state index contributed by atoms with van der Waals surface area (Å²) in [5, 5.41) is 4.11. The molecule has 3 aromatic heterocycles. The standard InChI is InChI=1S/C52H35F3N4/c1-31-21-32(2)23-37(22-31)35-13-15-43-41-10-6-8-12-47(41)59(49(43)27-35)51-30-45(56-4)44(34-17-19-57-20-18-34)29-50(51)58-46-11-7-5-9-40(46)42-16-14-36(28-48(42)58)38-24-33(3)25-39(26-38)52(53,54)55/h5-30H,1-3H3. The Hall–Kier alpha value is -7.43. The van der Waals surface area contributed by atoms with Crippen molar-refractivity contribution in [3.8, 4) is 44.8 Å². The van der Waals surface area contributed by atoms with Crippen molar-refractivity contribution in [3.05, 3.63) is 192 Å². The molecule has 0 aliphatic carbocycles. The van der Waals surface area contributed by atoms with E-state index in [4.69, 9.17) is 6.57 Å². The lowest BCUT2D eigenvalue weighted by molar-refractivity contribution is -0.137. The van der Waals surface area contributed by atoms with Crippen molar-refractivity contribution < 1.29 is 13.2 Å². The third-order valence-corrected chi connectivity index (χ3v) is 11.3. The Balaban J connectivity index is 1.34. The first-order valence-electron chi connectivity index (χ1n) is 19.4. The lowest BCUT2D eigenvalue weighted by Gasteiger charge is -2.20. The number of halogens is 3. The van der Waals surface area contributed by atoms with Crippen LogP contribution in [-0.2, 0) is 6.18 Å². The summed E-state index contributed by atoms with van der Waals surface area (Å²) in [6.45, 7) is 14.4. The second-order valence-electron chi connectivity index (χ2n) is 15.3. The summed E-state index contributed by atoms with van der Waals surface area (Å²) in [6, 6.07) is 47.7. The summed E-state index contributed by atoms with van der Waals surface area (Å²) in [7, 11) is 0. The van der Waals surface area contributed by atoms with Crippen LogP contribution in [0.25, 0.3) is 93.2 Å². The minimum absolute atomic E-state index is 0.479. The molecule has 0 atom stereocenters. The fourth-order valence-corrected chi connectivity index (χ4v) is 8.85. The van der Waals surface area contributed by atoms with Crippen molar-refractivity contribution in [1.82, 2.24) is 14.1 Å². The Morgan fingerprint density at radius 3 is 1.51 bits per heavy atom. The highest BCUT2D eigenvalue weighted by molar-refractivity contribution is 6.13. The van der Waals surface area contributed by atoms with Gasteiger partial charge in [0.25, 0.3) is 0 Å². The lowest BCUT2D eigenvalue weighted by Crippen LogP contribution is -2.05. The summed E-state index contributed by atoms with van der Waals surface area (Å²) in [6.07, 6.45) is -1.03. The molecule has 10 rings (SSSR count). The average Bonchev–Trinajstić information content (AvgIpc) is 3.74. The topological polar surface area (TPSA) is 27.1 Å². The van der Waals surface area contributed by atoms with Crippen LogP contribution in [0.3, 0.4) is 0 Å². The minimum atomic E-state index is -4.48. The average molecular weight is 773 g/mol. The molecule has 0 bridgehead atoms. The van der Waals surface area contributed by atoms with Crippen molar-refractivity contribution in [2.24, 2.45) is 0 Å². The zero-order valence-electron chi connectivity index (χ0n) is 32.4. The summed E-state index contributed by atoms with van der Waals surface area (Å²) in [5.74, 6) is 0. The van der Waals surface area contributed by atoms with Crippen LogP contribution in [0, 0.1) is 27.3 Å². The molecule has 59 heavy (non-hydrogen) atoms. The van der Waals surface area contributed by atoms with Gasteiger partial charge in [0.1, 0.15) is 0 Å². The number of aromatic nitrogens is 3. The van der Waals surface area contributed by atoms with Gasteiger partial charge in [0, 0.05) is 33.9 Å². The number of pyridine rings is 1. The van der Waals surface area contributed by atoms with Gasteiger partial charge >= 0.3 is 6.18 Å². The zero-order chi connectivity index (χ0) is 40.6. The van der Waals surface area contributed by atoms with Crippen LogP contribution >= 0.6 is 0 Å². The van der Waals surface area contributed by atoms with E-state index >= 15 is 0 Å². The maximum absolute atomic E-state index is 14.1. The molecule has 0 radical (unpaired) electrons. The fourth-order valence-electron chi connectivity index (χ4n) is 8.85. The predicted octanol–water partition coefficient (Wildman–Crippen LogP) is 14.8. The molecular weight excluding hydrogens is 738 g/mol. The number of nitrogens with zero attached hydrogens (tertiary/aromatic N) is 4. The Labute approximate surface area is 338 Å². The maximum atomic E-state index is 14.1. The predicted molar refractivity (Wildman–Crippen MR) is 235 cm³/mol. The van der Waals surface area contributed by atoms with Gasteiger partial charge in [0.2, 0.25) is 0 Å². The number of benzene rings is 7. The summed E-state index contributed by atoms with van der Waals surface area (Å²) in [4.78, 5) is 8.37. The second-order valence-corrected chi connectivity index (χ2v) is 15.3. The smallest absolute Gasteiger partial charge is 0.308 e. The van der Waals surface area contributed by atoms with E-state index < -0.39 is 11.7 Å². The molecule has 0 aliphatic rings. The molecule has 284 valence electrons. The van der Waals surface area contributed by atoms with Gasteiger partial charge in [-0.1, -0.05) is 96.1 Å². The number of aryl methyl sites for hydroxylation is 3. The van der Waals surface area contributed by atoms with E-state index in [0.29, 0.717) is 22.4 Å². The fraction of sp³-hybridized carbons (Fsp3) is 0.0769. The van der Waals surface area contributed by atoms with Gasteiger partial charge in [-0.25, -0.2) is 4.85 Å². The highest BCUT2D eigenvalue weighted by Gasteiger charge is 2.31. The highest BCUT2D eigenvalue weighted by Crippen LogP contribution is 2.44. The first kappa shape index (κ1) is 35.9. The number of alkyl halides is 3. The van der Waals surface area contributed by atoms with E-state index in [1.807, 2.05) is 60.7 Å². The number of hydrogen-bond donors (Lipinski definition) is 0. The molecule has 0 aliphatic heterocycles. The van der Waals surface area contributed by atoms with Crippen LogP contribution < -0.4 is 0 Å². The lowest BCUT2D eigenvalue weighted by atomic mass is 9.98. The number of fused-ring (bicyclic) bond motifs is 6. The van der Waals surface area contributed by atoms with Crippen LogP contribution in [0.1, 0.15) is 22.3 Å². The van der Waals surface area contributed by atoms with Gasteiger partial charge in [-0.15, -0.1) is 0 Å². The first-order chi connectivity index (χ1) is 28.6. The van der Waals surface area contributed by atoms with Gasteiger partial charge in [-0.2, -0.15) is 13.2 Å². The SMILES string of the molecule is [C-]#[N+]c1cc(-n2c3ccccc3c3ccc(-c4cc(C)cc(C)c4)cc32)c(-n2c3ccccc3c3ccc(-c4cc(C)cc(C(F)(F)F)c4)cc32)cc1-c1ccncc1. The molecule has 7 heteroatoms. The number of rotatable bonds is 5. The van der Waals surface area contributed by atoms with Gasteiger partial charge in [0.05, 0.1) is 45.6 Å². The summed E-state index contributed by atoms with van der Waals surface area (Å²) < 4.78 is 46.8. The molecule has 0 N–H and O–H groups in total. The van der Waals surface area contributed by atoms with Crippen LogP contribution in [0.15, 0.2) is 158 Å². The Bertz CT molecular complexity index is 3340. The third-order valence-electron chi connectivity index (χ3n) is 11.3. The second kappa shape index (κ2) is 13.6. The molecule has 0 spiro atoms. The molecule has 7 aromatic carbocycles. The van der Waals surface area contributed by atoms with Gasteiger partial charge in [-0.3, -0.25) is 4.98 Å². The largest absolute Gasteiger partial charge is 0.416 e. The molecular formula is C52H35F3N4. The minimum Gasteiger partial charge on any atom is -0.308 e. The molecule has 0 saturated heterocycles. The highest BCUT2D eigenvalue weighted by atomic mass is 19.4. The third kappa shape index (κ3) is 6.04. The van der Waals surface area contributed by atoms with Crippen molar-refractivity contribution in [2.75, 3.05) is 0 Å². The monoisotopic (exact) mass is 772 g/mol. The van der Waals surface area contributed by atoms with Crippen LogP contribution in [0.4, 0.5) is 18.9 Å². The van der Waals surface area contributed by atoms with Gasteiger partial charge < -0.3 is 9.13 Å². The van der Waals surface area contributed by atoms with E-state index in [2.05, 4.69) is 99.5 Å². The van der Waals surface area contributed by atoms with E-state index in [0.717, 1.165) is 77.2 Å². The van der Waals surface area contributed by atoms with Crippen molar-refractivity contribution >= 4 is 49.3 Å². The maximum Gasteiger partial charge on any atom is 0.416 e.